The molecule has 0 aromatic carbocycles. The van der Waals surface area contributed by atoms with Crippen LogP contribution < -0.4 is 10.9 Å². The maximum Gasteiger partial charge on any atom is 0.305 e. The number of nitrogens with zero attached hydrogens (tertiary/aromatic N) is 1. The molecule has 0 aliphatic carbocycles. The van der Waals surface area contributed by atoms with Crippen molar-refractivity contribution in [2.75, 3.05) is 0 Å². The first-order chi connectivity index (χ1) is 8.56. The van der Waals surface area contributed by atoms with Crippen LogP contribution in [0, 0.1) is 6.92 Å². The number of hydrogen-bond donors (Lipinski definition) is 3. The number of carbonyl (C=O) groups is 2. The Morgan fingerprint density at radius 1 is 1.33 bits per heavy atom. The maximum atomic E-state index is 11.6. The predicted octanol–water partition coefficient (Wildman–Crippen LogP) is 1.15. The lowest BCUT2D eigenvalue weighted by molar-refractivity contribution is 0.0827. The number of H-pyrrole nitrogens is 1. The van der Waals surface area contributed by atoms with E-state index in [-0.39, 0.29) is 11.5 Å². The molecule has 0 fully saturated rings. The van der Waals surface area contributed by atoms with Crippen LogP contribution >= 0.6 is 15.9 Å². The molecule has 0 radical (unpaired) electrons. The highest BCUT2D eigenvalue weighted by atomic mass is 79.9. The van der Waals surface area contributed by atoms with Crippen molar-refractivity contribution in [3.8, 4) is 0 Å². The number of amides is 2. The van der Waals surface area contributed by atoms with Crippen LogP contribution in [-0.2, 0) is 0 Å². The summed E-state index contributed by atoms with van der Waals surface area (Å²) in [4.78, 5) is 23.1. The SMILES string of the molecule is Cc1cc(C(=O)NNC(=O)c2ccc(Br)o2)n[nH]1. The molecule has 2 rings (SSSR count). The summed E-state index contributed by atoms with van der Waals surface area (Å²) in [6, 6.07) is 4.61. The highest BCUT2D eigenvalue weighted by molar-refractivity contribution is 9.10. The van der Waals surface area contributed by atoms with Gasteiger partial charge in [0.2, 0.25) is 0 Å². The number of halogens is 1. The van der Waals surface area contributed by atoms with E-state index in [2.05, 4.69) is 37.0 Å². The average Bonchev–Trinajstić information content (AvgIpc) is 2.94. The molecule has 0 saturated carbocycles. The monoisotopic (exact) mass is 312 g/mol. The van der Waals surface area contributed by atoms with Crippen molar-refractivity contribution in [3.05, 3.63) is 40.0 Å². The smallest absolute Gasteiger partial charge is 0.305 e. The summed E-state index contributed by atoms with van der Waals surface area (Å²) >= 11 is 3.07. The average molecular weight is 313 g/mol. The van der Waals surface area contributed by atoms with Crippen molar-refractivity contribution < 1.29 is 14.0 Å². The lowest BCUT2D eigenvalue weighted by Crippen LogP contribution is -2.41. The molecule has 3 N–H and O–H groups in total. The summed E-state index contributed by atoms with van der Waals surface area (Å²) in [5, 5.41) is 6.38. The minimum atomic E-state index is -0.554. The summed E-state index contributed by atoms with van der Waals surface area (Å²) in [7, 11) is 0. The van der Waals surface area contributed by atoms with Crippen LogP contribution in [0.2, 0.25) is 0 Å². The van der Waals surface area contributed by atoms with Gasteiger partial charge >= 0.3 is 5.91 Å². The third kappa shape index (κ3) is 2.77. The van der Waals surface area contributed by atoms with Crippen molar-refractivity contribution in [2.45, 2.75) is 6.92 Å². The van der Waals surface area contributed by atoms with Gasteiger partial charge in [-0.3, -0.25) is 25.5 Å². The summed E-state index contributed by atoms with van der Waals surface area (Å²) in [6.07, 6.45) is 0. The summed E-state index contributed by atoms with van der Waals surface area (Å²) in [5.41, 5.74) is 5.38. The Morgan fingerprint density at radius 3 is 2.61 bits per heavy atom. The van der Waals surface area contributed by atoms with Crippen LogP contribution in [0.3, 0.4) is 0 Å². The molecule has 2 aromatic heterocycles. The van der Waals surface area contributed by atoms with E-state index >= 15 is 0 Å². The molecule has 18 heavy (non-hydrogen) atoms. The van der Waals surface area contributed by atoms with E-state index in [1.54, 1.807) is 19.1 Å². The third-order valence-corrected chi connectivity index (χ3v) is 2.45. The number of rotatable bonds is 2. The fraction of sp³-hybridized carbons (Fsp3) is 0.100. The van der Waals surface area contributed by atoms with Crippen LogP contribution in [0.4, 0.5) is 0 Å². The largest absolute Gasteiger partial charge is 0.444 e. The van der Waals surface area contributed by atoms with Gasteiger partial charge in [0, 0.05) is 5.69 Å². The molecular formula is C10H9BrN4O3. The molecular weight excluding hydrogens is 304 g/mol. The van der Waals surface area contributed by atoms with Crippen molar-refractivity contribution in [3.63, 3.8) is 0 Å². The van der Waals surface area contributed by atoms with Gasteiger partial charge in [0.1, 0.15) is 0 Å². The maximum absolute atomic E-state index is 11.6. The Kier molecular flexibility index (Phi) is 3.47. The number of aromatic amines is 1. The van der Waals surface area contributed by atoms with Gasteiger partial charge in [-0.25, -0.2) is 0 Å². The zero-order chi connectivity index (χ0) is 13.1. The first-order valence-corrected chi connectivity index (χ1v) is 5.73. The van der Waals surface area contributed by atoms with Gasteiger partial charge in [-0.2, -0.15) is 5.10 Å². The Labute approximate surface area is 110 Å². The topological polar surface area (TPSA) is 100 Å². The summed E-state index contributed by atoms with van der Waals surface area (Å²) < 4.78 is 5.45. The van der Waals surface area contributed by atoms with Crippen molar-refractivity contribution in [1.82, 2.24) is 21.0 Å². The van der Waals surface area contributed by atoms with E-state index < -0.39 is 11.8 Å². The first kappa shape index (κ1) is 12.4. The van der Waals surface area contributed by atoms with Crippen molar-refractivity contribution in [1.29, 1.82) is 0 Å². The highest BCUT2D eigenvalue weighted by Crippen LogP contribution is 2.13. The number of furan rings is 1. The van der Waals surface area contributed by atoms with E-state index in [1.165, 1.54) is 6.07 Å². The molecule has 7 nitrogen and oxygen atoms in total. The lowest BCUT2D eigenvalue weighted by Gasteiger charge is -2.03. The van der Waals surface area contributed by atoms with Gasteiger partial charge in [0.25, 0.3) is 5.91 Å². The molecule has 0 spiro atoms. The van der Waals surface area contributed by atoms with Crippen LogP contribution in [0.15, 0.2) is 27.3 Å². The highest BCUT2D eigenvalue weighted by Gasteiger charge is 2.13. The molecule has 0 unspecified atom stereocenters. The minimum absolute atomic E-state index is 0.0837. The van der Waals surface area contributed by atoms with Gasteiger partial charge < -0.3 is 4.42 Å². The molecule has 0 aliphatic rings. The van der Waals surface area contributed by atoms with Crippen LogP contribution in [0.25, 0.3) is 0 Å². The number of carbonyl (C=O) groups excluding carboxylic acids is 2. The fourth-order valence-corrected chi connectivity index (χ4v) is 1.52. The number of hydrazine groups is 1. The minimum Gasteiger partial charge on any atom is -0.444 e. The number of hydrogen-bond acceptors (Lipinski definition) is 4. The van der Waals surface area contributed by atoms with Gasteiger partial charge in [-0.1, -0.05) is 0 Å². The molecule has 8 heteroatoms. The lowest BCUT2D eigenvalue weighted by atomic mass is 10.3. The van der Waals surface area contributed by atoms with E-state index in [0.717, 1.165) is 5.69 Å². The fourth-order valence-electron chi connectivity index (χ4n) is 1.21. The number of aromatic nitrogens is 2. The predicted molar refractivity (Wildman–Crippen MR) is 64.7 cm³/mol. The molecule has 2 heterocycles. The van der Waals surface area contributed by atoms with E-state index in [9.17, 15) is 9.59 Å². The summed E-state index contributed by atoms with van der Waals surface area (Å²) in [5.74, 6) is -0.986. The van der Waals surface area contributed by atoms with Gasteiger partial charge in [-0.05, 0) is 41.1 Å². The second kappa shape index (κ2) is 5.05. The number of nitrogens with one attached hydrogen (secondary N) is 3. The van der Waals surface area contributed by atoms with Gasteiger partial charge in [0.15, 0.2) is 16.1 Å². The van der Waals surface area contributed by atoms with Crippen LogP contribution in [0.1, 0.15) is 26.7 Å². The molecule has 0 atom stereocenters. The van der Waals surface area contributed by atoms with Gasteiger partial charge in [0.05, 0.1) is 0 Å². The van der Waals surface area contributed by atoms with Gasteiger partial charge in [-0.15, -0.1) is 0 Å². The Hall–Kier alpha value is -2.09. The van der Waals surface area contributed by atoms with E-state index in [1.807, 2.05) is 0 Å². The van der Waals surface area contributed by atoms with Crippen LogP contribution in [0.5, 0.6) is 0 Å². The van der Waals surface area contributed by atoms with E-state index in [0.29, 0.717) is 4.67 Å². The molecule has 0 bridgehead atoms. The van der Waals surface area contributed by atoms with E-state index in [4.69, 9.17) is 4.42 Å². The summed E-state index contributed by atoms with van der Waals surface area (Å²) in [6.45, 7) is 1.77. The van der Waals surface area contributed by atoms with Crippen LogP contribution in [-0.4, -0.2) is 22.0 Å². The Balaban J connectivity index is 1.92. The molecule has 0 saturated heterocycles. The second-order valence-corrected chi connectivity index (χ2v) is 4.23. The van der Waals surface area contributed by atoms with Crippen molar-refractivity contribution in [2.24, 2.45) is 0 Å². The zero-order valence-electron chi connectivity index (χ0n) is 9.28. The molecule has 0 aliphatic heterocycles. The first-order valence-electron chi connectivity index (χ1n) is 4.94. The third-order valence-electron chi connectivity index (χ3n) is 2.03. The molecule has 2 aromatic rings. The Bertz CT molecular complexity index is 537. The molecule has 94 valence electrons. The number of aryl methyl sites for hydroxylation is 1. The second-order valence-electron chi connectivity index (χ2n) is 3.45. The quantitative estimate of drug-likeness (QED) is 0.724. The van der Waals surface area contributed by atoms with Crippen molar-refractivity contribution >= 4 is 27.7 Å². The normalized spacial score (nSPS) is 10.1. The Morgan fingerprint density at radius 2 is 2.06 bits per heavy atom. The zero-order valence-corrected chi connectivity index (χ0v) is 10.9. The standard InChI is InChI=1S/C10H9BrN4O3/c1-5-4-6(13-12-5)9(16)14-15-10(17)7-2-3-8(11)18-7/h2-4H,1H3,(H,12,13)(H,14,16)(H,15,17). The molecule has 2 amide bonds.